The Bertz CT molecular complexity index is 421. The number of likely N-dealkylation sites (tertiary alicyclic amines) is 1. The Morgan fingerprint density at radius 2 is 1.96 bits per heavy atom. The van der Waals surface area contributed by atoms with Crippen LogP contribution >= 0.6 is 0 Å². The number of carbonyl (C=O) groups excluding carboxylic acids is 1. The first-order valence-electron chi connectivity index (χ1n) is 9.29. The van der Waals surface area contributed by atoms with Crippen LogP contribution in [0.1, 0.15) is 46.5 Å². The van der Waals surface area contributed by atoms with Crippen molar-refractivity contribution in [2.75, 3.05) is 45.9 Å². The van der Waals surface area contributed by atoms with E-state index in [-0.39, 0.29) is 6.09 Å². The van der Waals surface area contributed by atoms with Gasteiger partial charge in [-0.15, -0.1) is 12.3 Å². The number of ether oxygens (including phenoxy) is 2. The Kier molecular flexibility index (Phi) is 9.88. The lowest BCUT2D eigenvalue weighted by Crippen LogP contribution is -2.40. The molecule has 25 heavy (non-hydrogen) atoms. The van der Waals surface area contributed by atoms with E-state index < -0.39 is 5.60 Å². The molecule has 0 spiro atoms. The van der Waals surface area contributed by atoms with Crippen molar-refractivity contribution in [3.8, 4) is 12.3 Å². The number of carbonyl (C=O) groups is 1. The molecule has 0 atom stereocenters. The van der Waals surface area contributed by atoms with E-state index in [1.54, 1.807) is 4.90 Å². The number of nitrogens with zero attached hydrogens (tertiary/aromatic N) is 2. The Hall–Kier alpha value is -1.29. The zero-order chi connectivity index (χ0) is 18.7. The molecule has 6 nitrogen and oxygen atoms in total. The van der Waals surface area contributed by atoms with Crippen LogP contribution in [0, 0.1) is 12.3 Å². The number of rotatable bonds is 9. The first-order valence-corrected chi connectivity index (χ1v) is 9.29. The summed E-state index contributed by atoms with van der Waals surface area (Å²) in [4.78, 5) is 16.2. The third-order valence-electron chi connectivity index (χ3n) is 4.08. The Morgan fingerprint density at radius 1 is 1.28 bits per heavy atom. The highest BCUT2D eigenvalue weighted by Crippen LogP contribution is 2.10. The summed E-state index contributed by atoms with van der Waals surface area (Å²) in [6, 6.07) is 0.370. The van der Waals surface area contributed by atoms with Gasteiger partial charge >= 0.3 is 6.09 Å². The third-order valence-corrected chi connectivity index (χ3v) is 4.08. The maximum atomic E-state index is 12.2. The number of terminal acetylenes is 1. The predicted octanol–water partition coefficient (Wildman–Crippen LogP) is 2.08. The lowest BCUT2D eigenvalue weighted by molar-refractivity contribution is 0.0175. The summed E-state index contributed by atoms with van der Waals surface area (Å²) < 4.78 is 11.1. The molecule has 0 aliphatic carbocycles. The minimum Gasteiger partial charge on any atom is -0.444 e. The molecule has 1 heterocycles. The van der Waals surface area contributed by atoms with Gasteiger partial charge in [0.15, 0.2) is 0 Å². The zero-order valence-electron chi connectivity index (χ0n) is 16.1. The summed E-state index contributed by atoms with van der Waals surface area (Å²) in [6.07, 6.45) is 8.64. The minimum absolute atomic E-state index is 0.337. The molecule has 1 saturated heterocycles. The minimum atomic E-state index is -0.511. The first kappa shape index (κ1) is 21.8. The van der Waals surface area contributed by atoms with Crippen LogP contribution in [0.4, 0.5) is 4.79 Å². The van der Waals surface area contributed by atoms with Crippen LogP contribution in [-0.4, -0.2) is 73.5 Å². The lowest BCUT2D eigenvalue weighted by Gasteiger charge is -2.30. The molecule has 1 aliphatic heterocycles. The van der Waals surface area contributed by atoms with Gasteiger partial charge in [0.2, 0.25) is 0 Å². The summed E-state index contributed by atoms with van der Waals surface area (Å²) >= 11 is 0. The summed E-state index contributed by atoms with van der Waals surface area (Å²) in [6.45, 7) is 10.9. The third kappa shape index (κ3) is 10.3. The standard InChI is InChI=1S/C19H35N3O3/c1-5-6-11-22(18(23)25-19(2,3)4)14-16-24-15-7-10-21-12-8-17(20)9-13-21/h1,17H,6-16,20H2,2-4H3. The van der Waals surface area contributed by atoms with Crippen LogP contribution in [0.2, 0.25) is 0 Å². The van der Waals surface area contributed by atoms with Gasteiger partial charge in [-0.2, -0.15) is 0 Å². The van der Waals surface area contributed by atoms with Crippen molar-refractivity contribution in [2.24, 2.45) is 5.73 Å². The maximum absolute atomic E-state index is 12.2. The van der Waals surface area contributed by atoms with E-state index in [9.17, 15) is 4.79 Å². The van der Waals surface area contributed by atoms with Crippen LogP contribution in [0.3, 0.4) is 0 Å². The van der Waals surface area contributed by atoms with Crippen LogP contribution in [0.15, 0.2) is 0 Å². The van der Waals surface area contributed by atoms with E-state index in [4.69, 9.17) is 21.6 Å². The number of hydrogen-bond donors (Lipinski definition) is 1. The van der Waals surface area contributed by atoms with E-state index >= 15 is 0 Å². The van der Waals surface area contributed by atoms with Gasteiger partial charge in [0.1, 0.15) is 5.60 Å². The van der Waals surface area contributed by atoms with E-state index in [0.717, 1.165) is 38.9 Å². The summed E-state index contributed by atoms with van der Waals surface area (Å²) in [7, 11) is 0. The average Bonchev–Trinajstić information content (AvgIpc) is 2.53. The normalized spacial score (nSPS) is 16.4. The molecule has 0 aromatic carbocycles. The number of amides is 1. The average molecular weight is 354 g/mol. The molecule has 0 radical (unpaired) electrons. The quantitative estimate of drug-likeness (QED) is 0.508. The highest BCUT2D eigenvalue weighted by Gasteiger charge is 2.21. The van der Waals surface area contributed by atoms with E-state index in [0.29, 0.717) is 38.8 Å². The molecular formula is C19H35N3O3. The van der Waals surface area contributed by atoms with Crippen molar-refractivity contribution in [1.29, 1.82) is 0 Å². The number of hydrogen-bond acceptors (Lipinski definition) is 5. The highest BCUT2D eigenvalue weighted by atomic mass is 16.6. The lowest BCUT2D eigenvalue weighted by atomic mass is 10.1. The molecule has 1 amide bonds. The maximum Gasteiger partial charge on any atom is 0.410 e. The largest absolute Gasteiger partial charge is 0.444 e. The number of piperidine rings is 1. The van der Waals surface area contributed by atoms with Crippen LogP contribution in [0.25, 0.3) is 0 Å². The Labute approximate surface area is 153 Å². The van der Waals surface area contributed by atoms with E-state index in [1.165, 1.54) is 0 Å². The summed E-state index contributed by atoms with van der Waals surface area (Å²) in [5.74, 6) is 2.56. The molecule has 0 aromatic heterocycles. The van der Waals surface area contributed by atoms with Crippen LogP contribution < -0.4 is 5.73 Å². The van der Waals surface area contributed by atoms with E-state index in [1.807, 2.05) is 20.8 Å². The van der Waals surface area contributed by atoms with Crippen molar-refractivity contribution in [1.82, 2.24) is 9.80 Å². The fraction of sp³-hybridized carbons (Fsp3) is 0.842. The van der Waals surface area contributed by atoms with Gasteiger partial charge in [0.05, 0.1) is 6.61 Å². The molecule has 144 valence electrons. The summed E-state index contributed by atoms with van der Waals surface area (Å²) in [5, 5.41) is 0. The Morgan fingerprint density at radius 3 is 2.56 bits per heavy atom. The second-order valence-corrected chi connectivity index (χ2v) is 7.57. The predicted molar refractivity (Wildman–Crippen MR) is 100 cm³/mol. The Balaban J connectivity index is 2.18. The van der Waals surface area contributed by atoms with Crippen LogP contribution in [0.5, 0.6) is 0 Å². The molecule has 0 bridgehead atoms. The van der Waals surface area contributed by atoms with Crippen molar-refractivity contribution < 1.29 is 14.3 Å². The molecule has 1 rings (SSSR count). The molecule has 0 aromatic rings. The second-order valence-electron chi connectivity index (χ2n) is 7.57. The second kappa shape index (κ2) is 11.3. The molecule has 0 saturated carbocycles. The molecule has 1 aliphatic rings. The SMILES string of the molecule is C#CCCN(CCOCCCN1CCC(N)CC1)C(=O)OC(C)(C)C. The van der Waals surface area contributed by atoms with Gasteiger partial charge in [-0.3, -0.25) is 0 Å². The van der Waals surface area contributed by atoms with Gasteiger partial charge in [-0.05, 0) is 53.1 Å². The molecule has 6 heteroatoms. The topological polar surface area (TPSA) is 68.0 Å². The fourth-order valence-electron chi connectivity index (χ4n) is 2.66. The van der Waals surface area contributed by atoms with Gasteiger partial charge in [0, 0.05) is 38.7 Å². The molecule has 0 unspecified atom stereocenters. The smallest absolute Gasteiger partial charge is 0.410 e. The monoisotopic (exact) mass is 353 g/mol. The van der Waals surface area contributed by atoms with Gasteiger partial charge < -0.3 is 25.0 Å². The van der Waals surface area contributed by atoms with Crippen molar-refractivity contribution in [2.45, 2.75) is 58.1 Å². The van der Waals surface area contributed by atoms with Gasteiger partial charge in [-0.25, -0.2) is 4.79 Å². The molecule has 1 fully saturated rings. The fourth-order valence-corrected chi connectivity index (χ4v) is 2.66. The van der Waals surface area contributed by atoms with Crippen molar-refractivity contribution >= 4 is 6.09 Å². The molecular weight excluding hydrogens is 318 g/mol. The highest BCUT2D eigenvalue weighted by molar-refractivity contribution is 5.68. The van der Waals surface area contributed by atoms with Crippen molar-refractivity contribution in [3.05, 3.63) is 0 Å². The first-order chi connectivity index (χ1) is 11.8. The van der Waals surface area contributed by atoms with Crippen molar-refractivity contribution in [3.63, 3.8) is 0 Å². The van der Waals surface area contributed by atoms with Gasteiger partial charge in [0.25, 0.3) is 0 Å². The zero-order valence-corrected chi connectivity index (χ0v) is 16.1. The van der Waals surface area contributed by atoms with Crippen LogP contribution in [-0.2, 0) is 9.47 Å². The van der Waals surface area contributed by atoms with Gasteiger partial charge in [-0.1, -0.05) is 0 Å². The summed E-state index contributed by atoms with van der Waals surface area (Å²) in [5.41, 5.74) is 5.40. The molecule has 2 N–H and O–H groups in total. The van der Waals surface area contributed by atoms with E-state index in [2.05, 4.69) is 10.8 Å². The number of nitrogens with two attached hydrogens (primary N) is 1.